The van der Waals surface area contributed by atoms with E-state index < -0.39 is 0 Å². The van der Waals surface area contributed by atoms with Crippen LogP contribution in [-0.2, 0) is 0 Å². The molecule has 0 spiro atoms. The zero-order valence-electron chi connectivity index (χ0n) is 18.0. The van der Waals surface area contributed by atoms with Crippen LogP contribution in [0.15, 0.2) is 58.2 Å². The number of aliphatic imine (C=N–C) groups is 1. The van der Waals surface area contributed by atoms with Gasteiger partial charge in [0.05, 0.1) is 5.69 Å². The SMILES string of the molecule is C=C(CC(C)(C)C)N(CC)c1ccc(C2=CC=C(S)CC(N=C(C)C)=C2)nn1. The fourth-order valence-corrected chi connectivity index (χ4v) is 3.34. The van der Waals surface area contributed by atoms with Gasteiger partial charge in [-0.3, -0.25) is 4.99 Å². The first-order valence-electron chi connectivity index (χ1n) is 9.71. The predicted octanol–water partition coefficient (Wildman–Crippen LogP) is 6.22. The molecular weight excluding hydrogens is 364 g/mol. The minimum atomic E-state index is 0.180. The predicted molar refractivity (Wildman–Crippen MR) is 125 cm³/mol. The van der Waals surface area contributed by atoms with Crippen LogP contribution in [0.3, 0.4) is 0 Å². The van der Waals surface area contributed by atoms with Crippen LogP contribution in [0.1, 0.15) is 60.1 Å². The molecule has 0 N–H and O–H groups in total. The molecule has 1 aliphatic rings. The lowest BCUT2D eigenvalue weighted by molar-refractivity contribution is 0.405. The van der Waals surface area contributed by atoms with Crippen molar-refractivity contribution in [2.24, 2.45) is 10.4 Å². The number of allylic oxidation sites excluding steroid dienone is 6. The standard InChI is InChI=1S/C23H32N4S/c1-8-27(17(4)15-23(5,6)7)22-12-11-21(25-26-22)18-9-10-20(28)14-19(13-18)24-16(2)3/h9-13,28H,4,8,14-15H2,1-3,5-7H3. The van der Waals surface area contributed by atoms with E-state index in [0.717, 1.165) is 58.5 Å². The summed E-state index contributed by atoms with van der Waals surface area (Å²) >= 11 is 4.53. The van der Waals surface area contributed by atoms with E-state index in [0.29, 0.717) is 0 Å². The van der Waals surface area contributed by atoms with Crippen molar-refractivity contribution in [2.75, 3.05) is 11.4 Å². The van der Waals surface area contributed by atoms with Gasteiger partial charge in [0.1, 0.15) is 0 Å². The van der Waals surface area contributed by atoms with E-state index >= 15 is 0 Å². The number of rotatable bonds is 6. The Hall–Kier alpha value is -2.14. The maximum atomic E-state index is 4.62. The van der Waals surface area contributed by atoms with E-state index in [1.807, 2.05) is 38.1 Å². The van der Waals surface area contributed by atoms with Gasteiger partial charge < -0.3 is 4.90 Å². The lowest BCUT2D eigenvalue weighted by Crippen LogP contribution is -2.25. The highest BCUT2D eigenvalue weighted by molar-refractivity contribution is 7.84. The van der Waals surface area contributed by atoms with Crippen molar-refractivity contribution in [3.8, 4) is 0 Å². The lowest BCUT2D eigenvalue weighted by atomic mass is 9.90. The van der Waals surface area contributed by atoms with Crippen LogP contribution in [0.4, 0.5) is 5.82 Å². The molecule has 0 radical (unpaired) electrons. The molecule has 0 atom stereocenters. The summed E-state index contributed by atoms with van der Waals surface area (Å²) in [6.45, 7) is 17.8. The topological polar surface area (TPSA) is 41.4 Å². The number of hydrogen-bond donors (Lipinski definition) is 1. The van der Waals surface area contributed by atoms with Crippen LogP contribution >= 0.6 is 12.6 Å². The second-order valence-corrected chi connectivity index (χ2v) is 9.05. The van der Waals surface area contributed by atoms with E-state index in [2.05, 4.69) is 73.1 Å². The molecule has 1 heterocycles. The van der Waals surface area contributed by atoms with Crippen molar-refractivity contribution in [2.45, 2.75) is 54.4 Å². The van der Waals surface area contributed by atoms with Gasteiger partial charge >= 0.3 is 0 Å². The molecular formula is C23H32N4S. The maximum Gasteiger partial charge on any atom is 0.155 e. The number of anilines is 1. The third-order valence-electron chi connectivity index (χ3n) is 4.16. The van der Waals surface area contributed by atoms with Gasteiger partial charge in [0.15, 0.2) is 5.82 Å². The Bertz CT molecular complexity index is 832. The fraction of sp³-hybridized carbons (Fsp3) is 0.435. The third kappa shape index (κ3) is 6.48. The van der Waals surface area contributed by atoms with E-state index in [1.165, 1.54) is 0 Å². The van der Waals surface area contributed by atoms with Gasteiger partial charge in [0.25, 0.3) is 0 Å². The maximum absolute atomic E-state index is 4.62. The minimum absolute atomic E-state index is 0.180. The highest BCUT2D eigenvalue weighted by Gasteiger charge is 2.18. The Labute approximate surface area is 175 Å². The van der Waals surface area contributed by atoms with Crippen molar-refractivity contribution >= 4 is 29.7 Å². The molecule has 0 amide bonds. The minimum Gasteiger partial charge on any atom is -0.330 e. The first kappa shape index (κ1) is 22.2. The lowest BCUT2D eigenvalue weighted by Gasteiger charge is -2.28. The van der Waals surface area contributed by atoms with Crippen molar-refractivity contribution in [1.29, 1.82) is 0 Å². The molecule has 150 valence electrons. The van der Waals surface area contributed by atoms with E-state index in [9.17, 15) is 0 Å². The van der Waals surface area contributed by atoms with Crippen LogP contribution < -0.4 is 4.90 Å². The van der Waals surface area contributed by atoms with Crippen molar-refractivity contribution < 1.29 is 0 Å². The van der Waals surface area contributed by atoms with Crippen LogP contribution in [0.5, 0.6) is 0 Å². The van der Waals surface area contributed by atoms with Gasteiger partial charge in [-0.2, -0.15) is 0 Å². The van der Waals surface area contributed by atoms with Crippen LogP contribution in [0.2, 0.25) is 0 Å². The molecule has 1 aromatic heterocycles. The largest absolute Gasteiger partial charge is 0.330 e. The molecule has 1 aliphatic carbocycles. The summed E-state index contributed by atoms with van der Waals surface area (Å²) in [6, 6.07) is 4.02. The van der Waals surface area contributed by atoms with Gasteiger partial charge in [-0.15, -0.1) is 22.8 Å². The highest BCUT2D eigenvalue weighted by Crippen LogP contribution is 2.29. The Balaban J connectivity index is 2.30. The molecule has 1 aromatic rings. The number of hydrogen-bond acceptors (Lipinski definition) is 5. The van der Waals surface area contributed by atoms with Crippen LogP contribution in [0, 0.1) is 5.41 Å². The molecule has 0 aliphatic heterocycles. The molecule has 0 bridgehead atoms. The van der Waals surface area contributed by atoms with Gasteiger partial charge in [-0.1, -0.05) is 39.5 Å². The Morgan fingerprint density at radius 3 is 2.46 bits per heavy atom. The fourth-order valence-electron chi connectivity index (χ4n) is 3.11. The molecule has 28 heavy (non-hydrogen) atoms. The Kier molecular flexibility index (Phi) is 7.41. The molecule has 5 heteroatoms. The Morgan fingerprint density at radius 2 is 1.93 bits per heavy atom. The van der Waals surface area contributed by atoms with Gasteiger partial charge in [-0.25, -0.2) is 0 Å². The number of thiol groups is 1. The van der Waals surface area contributed by atoms with Crippen LogP contribution in [-0.4, -0.2) is 22.5 Å². The van der Waals surface area contributed by atoms with E-state index in [1.54, 1.807) is 0 Å². The normalized spacial score (nSPS) is 14.5. The third-order valence-corrected chi connectivity index (χ3v) is 4.47. The quantitative estimate of drug-likeness (QED) is 0.458. The summed E-state index contributed by atoms with van der Waals surface area (Å²) in [6.07, 6.45) is 7.71. The number of aromatic nitrogens is 2. The molecule has 0 saturated carbocycles. The summed E-state index contributed by atoms with van der Waals surface area (Å²) in [4.78, 5) is 7.72. The first-order valence-corrected chi connectivity index (χ1v) is 10.2. The molecule has 0 fully saturated rings. The monoisotopic (exact) mass is 396 g/mol. The first-order chi connectivity index (χ1) is 13.1. The smallest absolute Gasteiger partial charge is 0.155 e. The molecule has 4 nitrogen and oxygen atoms in total. The van der Waals surface area contributed by atoms with E-state index in [4.69, 9.17) is 0 Å². The van der Waals surface area contributed by atoms with Gasteiger partial charge in [0, 0.05) is 35.6 Å². The Morgan fingerprint density at radius 1 is 1.21 bits per heavy atom. The molecule has 2 rings (SSSR count). The zero-order chi connectivity index (χ0) is 20.9. The zero-order valence-corrected chi connectivity index (χ0v) is 18.8. The molecule has 0 aromatic carbocycles. The van der Waals surface area contributed by atoms with E-state index in [-0.39, 0.29) is 5.41 Å². The van der Waals surface area contributed by atoms with Crippen molar-refractivity contribution in [3.05, 3.63) is 58.9 Å². The summed E-state index contributed by atoms with van der Waals surface area (Å²) in [5.41, 5.74) is 5.04. The van der Waals surface area contributed by atoms with Gasteiger partial charge in [0.2, 0.25) is 0 Å². The summed E-state index contributed by atoms with van der Waals surface area (Å²) < 4.78 is 0. The molecule has 0 saturated heterocycles. The molecule has 0 unspecified atom stereocenters. The second kappa shape index (κ2) is 9.37. The van der Waals surface area contributed by atoms with Gasteiger partial charge in [-0.05, 0) is 55.7 Å². The summed E-state index contributed by atoms with van der Waals surface area (Å²) in [7, 11) is 0. The highest BCUT2D eigenvalue weighted by atomic mass is 32.1. The van der Waals surface area contributed by atoms with Crippen LogP contribution in [0.25, 0.3) is 5.57 Å². The average Bonchev–Trinajstić information content (AvgIpc) is 2.75. The second-order valence-electron chi connectivity index (χ2n) is 8.48. The summed E-state index contributed by atoms with van der Waals surface area (Å²) in [5, 5.41) is 8.96. The van der Waals surface area contributed by atoms with Crippen molar-refractivity contribution in [1.82, 2.24) is 10.2 Å². The van der Waals surface area contributed by atoms with Crippen molar-refractivity contribution in [3.63, 3.8) is 0 Å². The average molecular weight is 397 g/mol. The summed E-state index contributed by atoms with van der Waals surface area (Å²) in [5.74, 6) is 0.826. The number of nitrogens with zero attached hydrogens (tertiary/aromatic N) is 4.